The van der Waals surface area contributed by atoms with E-state index < -0.39 is 30.1 Å². The van der Waals surface area contributed by atoms with E-state index in [9.17, 15) is 14.4 Å². The normalized spacial score (nSPS) is 12.5. The van der Waals surface area contributed by atoms with Crippen LogP contribution in [0.5, 0.6) is 0 Å². The number of ether oxygens (including phenoxy) is 1. The van der Waals surface area contributed by atoms with Crippen LogP contribution in [-0.4, -0.2) is 42.1 Å². The van der Waals surface area contributed by atoms with E-state index in [1.807, 2.05) is 54.8 Å². The molecule has 0 fully saturated rings. The number of amides is 3. The number of primary amides is 1. The Balaban J connectivity index is 2.05. The zero-order chi connectivity index (χ0) is 21.2. The predicted molar refractivity (Wildman–Crippen MR) is 116 cm³/mol. The third-order valence-corrected chi connectivity index (χ3v) is 4.79. The summed E-state index contributed by atoms with van der Waals surface area (Å²) in [5, 5.41) is 5.16. The summed E-state index contributed by atoms with van der Waals surface area (Å²) in [4.78, 5) is 36.1. The molecule has 0 aliphatic carbocycles. The molecule has 4 N–H and O–H groups in total. The number of anilines is 1. The van der Waals surface area contributed by atoms with Gasteiger partial charge in [-0.05, 0) is 37.0 Å². The zero-order valence-electron chi connectivity index (χ0n) is 16.4. The number of carbonyl (C=O) groups excluding carboxylic acids is 3. The van der Waals surface area contributed by atoms with Crippen molar-refractivity contribution < 1.29 is 19.1 Å². The van der Waals surface area contributed by atoms with E-state index in [1.54, 1.807) is 6.07 Å². The molecular formula is C21H25N3O4S. The summed E-state index contributed by atoms with van der Waals surface area (Å²) in [6, 6.07) is 15.3. The molecule has 2 atom stereocenters. The fraction of sp³-hybridized carbons (Fsp3) is 0.286. The van der Waals surface area contributed by atoms with Crippen molar-refractivity contribution in [2.75, 3.05) is 17.3 Å². The standard InChI is InChI=1S/C21H25N3O4S/c1-14(28-20(26)18(12-13-29-2)24-21(22)27)19(25)23-17-11-7-6-10-16(17)15-8-4-3-5-9-15/h3-11,14,18H,12-13H2,1-2H3,(H,23,25)(H3,22,24,27)/t14-,18-/m0/s1. The zero-order valence-corrected chi connectivity index (χ0v) is 17.2. The van der Waals surface area contributed by atoms with Gasteiger partial charge in [0.1, 0.15) is 6.04 Å². The largest absolute Gasteiger partial charge is 0.451 e. The maximum atomic E-state index is 12.6. The summed E-state index contributed by atoms with van der Waals surface area (Å²) >= 11 is 1.52. The molecule has 0 saturated heterocycles. The molecule has 0 bridgehead atoms. The topological polar surface area (TPSA) is 111 Å². The minimum absolute atomic E-state index is 0.355. The first kappa shape index (κ1) is 22.3. The first-order valence-electron chi connectivity index (χ1n) is 9.13. The van der Waals surface area contributed by atoms with Crippen LogP contribution in [0, 0.1) is 0 Å². The molecule has 2 aromatic carbocycles. The van der Waals surface area contributed by atoms with Crippen molar-refractivity contribution in [3.05, 3.63) is 54.6 Å². The van der Waals surface area contributed by atoms with Crippen molar-refractivity contribution in [3.63, 3.8) is 0 Å². The number of thioether (sulfide) groups is 1. The van der Waals surface area contributed by atoms with Gasteiger partial charge in [0.15, 0.2) is 6.10 Å². The molecule has 2 rings (SSSR count). The predicted octanol–water partition coefficient (Wildman–Crippen LogP) is 3.01. The van der Waals surface area contributed by atoms with Crippen LogP contribution in [0.3, 0.4) is 0 Å². The molecule has 0 radical (unpaired) electrons. The van der Waals surface area contributed by atoms with Crippen LogP contribution < -0.4 is 16.4 Å². The fourth-order valence-corrected chi connectivity index (χ4v) is 3.13. The first-order valence-corrected chi connectivity index (χ1v) is 10.5. The number of para-hydroxylation sites is 1. The van der Waals surface area contributed by atoms with Gasteiger partial charge in [-0.3, -0.25) is 4.79 Å². The molecule has 0 aliphatic rings. The highest BCUT2D eigenvalue weighted by atomic mass is 32.2. The SMILES string of the molecule is CSCC[C@H](NC(N)=O)C(=O)O[C@@H](C)C(=O)Nc1ccccc1-c1ccccc1. The molecule has 0 saturated carbocycles. The summed E-state index contributed by atoms with van der Waals surface area (Å²) in [5.41, 5.74) is 7.54. The van der Waals surface area contributed by atoms with Gasteiger partial charge in [-0.1, -0.05) is 48.5 Å². The Morgan fingerprint density at radius 3 is 2.38 bits per heavy atom. The van der Waals surface area contributed by atoms with Crippen molar-refractivity contribution in [2.45, 2.75) is 25.5 Å². The van der Waals surface area contributed by atoms with Gasteiger partial charge in [-0.15, -0.1) is 0 Å². The lowest BCUT2D eigenvalue weighted by Crippen LogP contribution is -2.46. The van der Waals surface area contributed by atoms with E-state index in [4.69, 9.17) is 10.5 Å². The second-order valence-corrected chi connectivity index (χ2v) is 7.31. The summed E-state index contributed by atoms with van der Waals surface area (Å²) in [6.07, 6.45) is 1.19. The number of nitrogens with two attached hydrogens (primary N) is 1. The molecule has 154 valence electrons. The Morgan fingerprint density at radius 2 is 1.72 bits per heavy atom. The van der Waals surface area contributed by atoms with E-state index in [0.29, 0.717) is 17.9 Å². The smallest absolute Gasteiger partial charge is 0.329 e. The van der Waals surface area contributed by atoms with E-state index in [1.165, 1.54) is 18.7 Å². The van der Waals surface area contributed by atoms with Gasteiger partial charge < -0.3 is 21.1 Å². The van der Waals surface area contributed by atoms with Gasteiger partial charge in [0, 0.05) is 11.3 Å². The molecule has 8 heteroatoms. The second-order valence-electron chi connectivity index (χ2n) is 6.32. The molecule has 0 unspecified atom stereocenters. The Kier molecular flexibility index (Phi) is 8.54. The summed E-state index contributed by atoms with van der Waals surface area (Å²) < 4.78 is 5.26. The highest BCUT2D eigenvalue weighted by molar-refractivity contribution is 7.98. The number of nitrogens with one attached hydrogen (secondary N) is 2. The number of esters is 1. The number of hydrogen-bond donors (Lipinski definition) is 3. The molecular weight excluding hydrogens is 390 g/mol. The number of rotatable bonds is 9. The van der Waals surface area contributed by atoms with Gasteiger partial charge in [0.25, 0.3) is 5.91 Å². The molecule has 2 aromatic rings. The van der Waals surface area contributed by atoms with Crippen molar-refractivity contribution >= 4 is 35.4 Å². The van der Waals surface area contributed by atoms with Gasteiger partial charge in [-0.2, -0.15) is 11.8 Å². The lowest BCUT2D eigenvalue weighted by atomic mass is 10.0. The van der Waals surface area contributed by atoms with Crippen molar-refractivity contribution in [1.82, 2.24) is 5.32 Å². The van der Waals surface area contributed by atoms with Crippen LogP contribution in [0.1, 0.15) is 13.3 Å². The quantitative estimate of drug-likeness (QED) is 0.545. The maximum absolute atomic E-state index is 12.6. The summed E-state index contributed by atoms with van der Waals surface area (Å²) in [6.45, 7) is 1.48. The van der Waals surface area contributed by atoms with E-state index in [-0.39, 0.29) is 0 Å². The molecule has 7 nitrogen and oxygen atoms in total. The Morgan fingerprint density at radius 1 is 1.07 bits per heavy atom. The second kappa shape index (κ2) is 11.1. The molecule has 0 spiro atoms. The van der Waals surface area contributed by atoms with Crippen LogP contribution in [-0.2, 0) is 14.3 Å². The third kappa shape index (κ3) is 6.83. The summed E-state index contributed by atoms with van der Waals surface area (Å²) in [7, 11) is 0. The third-order valence-electron chi connectivity index (χ3n) is 4.14. The van der Waals surface area contributed by atoms with Gasteiger partial charge >= 0.3 is 12.0 Å². The molecule has 0 heterocycles. The van der Waals surface area contributed by atoms with Gasteiger partial charge in [-0.25, -0.2) is 9.59 Å². The number of urea groups is 1. The average Bonchev–Trinajstić information content (AvgIpc) is 2.71. The van der Waals surface area contributed by atoms with Crippen LogP contribution in [0.25, 0.3) is 11.1 Å². The van der Waals surface area contributed by atoms with E-state index in [2.05, 4.69) is 10.6 Å². The minimum Gasteiger partial charge on any atom is -0.451 e. The molecule has 0 aromatic heterocycles. The molecule has 3 amide bonds. The van der Waals surface area contributed by atoms with E-state index >= 15 is 0 Å². The molecule has 0 aliphatic heterocycles. The van der Waals surface area contributed by atoms with Crippen molar-refractivity contribution in [2.24, 2.45) is 5.73 Å². The Hall–Kier alpha value is -3.00. The van der Waals surface area contributed by atoms with Crippen LogP contribution >= 0.6 is 11.8 Å². The van der Waals surface area contributed by atoms with Gasteiger partial charge in [0.2, 0.25) is 0 Å². The number of benzene rings is 2. The lowest BCUT2D eigenvalue weighted by Gasteiger charge is -2.20. The summed E-state index contributed by atoms with van der Waals surface area (Å²) in [5.74, 6) is -0.535. The highest BCUT2D eigenvalue weighted by Crippen LogP contribution is 2.27. The first-order chi connectivity index (χ1) is 13.9. The van der Waals surface area contributed by atoms with Crippen molar-refractivity contribution in [1.29, 1.82) is 0 Å². The average molecular weight is 416 g/mol. The number of carbonyl (C=O) groups is 3. The van der Waals surface area contributed by atoms with Gasteiger partial charge in [0.05, 0.1) is 0 Å². The number of hydrogen-bond acceptors (Lipinski definition) is 5. The Labute approximate surface area is 174 Å². The van der Waals surface area contributed by atoms with Crippen LogP contribution in [0.2, 0.25) is 0 Å². The van der Waals surface area contributed by atoms with E-state index in [0.717, 1.165) is 11.1 Å². The lowest BCUT2D eigenvalue weighted by molar-refractivity contribution is -0.155. The maximum Gasteiger partial charge on any atom is 0.329 e. The van der Waals surface area contributed by atoms with Crippen LogP contribution in [0.15, 0.2) is 54.6 Å². The highest BCUT2D eigenvalue weighted by Gasteiger charge is 2.26. The van der Waals surface area contributed by atoms with Crippen molar-refractivity contribution in [3.8, 4) is 11.1 Å². The minimum atomic E-state index is -1.04. The fourth-order valence-electron chi connectivity index (χ4n) is 2.66. The van der Waals surface area contributed by atoms with Crippen LogP contribution in [0.4, 0.5) is 10.5 Å². The molecule has 29 heavy (non-hydrogen) atoms. The monoisotopic (exact) mass is 415 g/mol. The Bertz CT molecular complexity index is 845.